The number of rotatable bonds is 4. The summed E-state index contributed by atoms with van der Waals surface area (Å²) in [5, 5.41) is 10.7. The number of amides is 2. The van der Waals surface area contributed by atoms with Crippen LogP contribution in [0, 0.1) is 10.1 Å². The third-order valence-electron chi connectivity index (χ3n) is 2.94. The Hall–Kier alpha value is -2.28. The summed E-state index contributed by atoms with van der Waals surface area (Å²) in [7, 11) is 3.67. The van der Waals surface area contributed by atoms with Crippen molar-refractivity contribution in [3.05, 3.63) is 39.4 Å². The van der Waals surface area contributed by atoms with Gasteiger partial charge >= 0.3 is 0 Å². The van der Waals surface area contributed by atoms with Gasteiger partial charge in [-0.15, -0.1) is 0 Å². The van der Waals surface area contributed by atoms with Crippen LogP contribution in [0.4, 0.5) is 5.69 Å². The van der Waals surface area contributed by atoms with Gasteiger partial charge in [-0.05, 0) is 20.2 Å². The Balaban J connectivity index is 2.31. The number of carbonyl (C=O) groups excluding carboxylic acids is 2. The van der Waals surface area contributed by atoms with Crippen LogP contribution < -0.4 is 0 Å². The number of non-ortho nitro benzene ring substituents is 1. The average Bonchev–Trinajstić information content (AvgIpc) is 2.59. The number of nitro benzene ring substituents is 1. The molecule has 1 aromatic rings. The first-order valence-electron chi connectivity index (χ1n) is 5.71. The van der Waals surface area contributed by atoms with Crippen LogP contribution in [0.1, 0.15) is 20.7 Å². The first-order chi connectivity index (χ1) is 8.91. The van der Waals surface area contributed by atoms with Gasteiger partial charge in [-0.25, -0.2) is 0 Å². The number of nitrogens with zero attached hydrogens (tertiary/aromatic N) is 3. The largest absolute Gasteiger partial charge is 0.308 e. The molecule has 1 aromatic carbocycles. The van der Waals surface area contributed by atoms with E-state index in [0.29, 0.717) is 6.54 Å². The molecule has 0 saturated heterocycles. The van der Waals surface area contributed by atoms with Gasteiger partial charge in [0.15, 0.2) is 0 Å². The summed E-state index contributed by atoms with van der Waals surface area (Å²) in [6.07, 6.45) is 0. The molecule has 1 heterocycles. The molecule has 0 unspecified atom stereocenters. The lowest BCUT2D eigenvalue weighted by molar-refractivity contribution is -0.384. The van der Waals surface area contributed by atoms with Crippen LogP contribution in [0.15, 0.2) is 18.2 Å². The molecule has 2 amide bonds. The van der Waals surface area contributed by atoms with Crippen LogP contribution in [0.2, 0.25) is 0 Å². The number of hydrogen-bond donors (Lipinski definition) is 0. The summed E-state index contributed by atoms with van der Waals surface area (Å²) in [4.78, 5) is 37.1. The Labute approximate surface area is 109 Å². The van der Waals surface area contributed by atoms with E-state index in [1.807, 2.05) is 19.0 Å². The van der Waals surface area contributed by atoms with Gasteiger partial charge in [-0.2, -0.15) is 0 Å². The Kier molecular flexibility index (Phi) is 3.30. The fourth-order valence-corrected chi connectivity index (χ4v) is 1.90. The first-order valence-corrected chi connectivity index (χ1v) is 5.71. The summed E-state index contributed by atoms with van der Waals surface area (Å²) in [6.45, 7) is 0.820. The second kappa shape index (κ2) is 4.77. The normalized spacial score (nSPS) is 14.2. The predicted molar refractivity (Wildman–Crippen MR) is 67.0 cm³/mol. The number of hydrogen-bond acceptors (Lipinski definition) is 5. The van der Waals surface area contributed by atoms with Crippen molar-refractivity contribution in [2.45, 2.75) is 0 Å². The highest BCUT2D eigenvalue weighted by atomic mass is 16.6. The maximum absolute atomic E-state index is 12.1. The summed E-state index contributed by atoms with van der Waals surface area (Å²) >= 11 is 0. The third kappa shape index (κ3) is 2.32. The summed E-state index contributed by atoms with van der Waals surface area (Å²) < 4.78 is 0. The molecule has 7 nitrogen and oxygen atoms in total. The molecule has 0 atom stereocenters. The smallest absolute Gasteiger partial charge is 0.270 e. The predicted octanol–water partition coefficient (Wildman–Crippen LogP) is 0.752. The topological polar surface area (TPSA) is 83.8 Å². The molecular weight excluding hydrogens is 250 g/mol. The van der Waals surface area contributed by atoms with Crippen LogP contribution in [-0.4, -0.2) is 53.7 Å². The zero-order chi connectivity index (χ0) is 14.2. The van der Waals surface area contributed by atoms with Gasteiger partial charge in [0.25, 0.3) is 17.5 Å². The maximum atomic E-state index is 12.1. The number of fused-ring (bicyclic) bond motifs is 1. The minimum atomic E-state index is -0.583. The van der Waals surface area contributed by atoms with Crippen LogP contribution >= 0.6 is 0 Å². The second-order valence-electron chi connectivity index (χ2n) is 4.55. The molecule has 19 heavy (non-hydrogen) atoms. The Morgan fingerprint density at radius 3 is 2.42 bits per heavy atom. The molecule has 0 fully saturated rings. The molecule has 0 radical (unpaired) electrons. The molecule has 1 aliphatic rings. The molecule has 0 aromatic heterocycles. The van der Waals surface area contributed by atoms with Gasteiger partial charge in [0, 0.05) is 25.2 Å². The number of likely N-dealkylation sites (N-methyl/N-ethyl adjacent to an activating group) is 1. The molecular formula is C12H13N3O4. The monoisotopic (exact) mass is 263 g/mol. The standard InChI is InChI=1S/C12H13N3O4/c1-13(2)5-6-14-11(16)9-4-3-8(15(18)19)7-10(9)12(14)17/h3-4,7H,5-6H2,1-2H3. The third-order valence-corrected chi connectivity index (χ3v) is 2.94. The maximum Gasteiger partial charge on any atom is 0.270 e. The van der Waals surface area contributed by atoms with Crippen LogP contribution in [0.3, 0.4) is 0 Å². The van der Waals surface area contributed by atoms with E-state index in [1.54, 1.807) is 0 Å². The summed E-state index contributed by atoms with van der Waals surface area (Å²) in [5.41, 5.74) is 0.154. The molecule has 0 N–H and O–H groups in total. The van der Waals surface area contributed by atoms with Crippen LogP contribution in [0.25, 0.3) is 0 Å². The lowest BCUT2D eigenvalue weighted by atomic mass is 10.1. The van der Waals surface area contributed by atoms with Crippen LogP contribution in [-0.2, 0) is 0 Å². The van der Waals surface area contributed by atoms with Gasteiger partial charge in [-0.3, -0.25) is 24.6 Å². The quantitative estimate of drug-likeness (QED) is 0.454. The SMILES string of the molecule is CN(C)CCN1C(=O)c2ccc([N+](=O)[O-])cc2C1=O. The highest BCUT2D eigenvalue weighted by Gasteiger charge is 2.36. The fraction of sp³-hybridized carbons (Fsp3) is 0.333. The van der Waals surface area contributed by atoms with Gasteiger partial charge in [0.05, 0.1) is 16.1 Å². The van der Waals surface area contributed by atoms with E-state index in [4.69, 9.17) is 0 Å². The van der Waals surface area contributed by atoms with E-state index >= 15 is 0 Å². The highest BCUT2D eigenvalue weighted by molar-refractivity contribution is 6.21. The highest BCUT2D eigenvalue weighted by Crippen LogP contribution is 2.26. The number of nitro groups is 1. The lowest BCUT2D eigenvalue weighted by Gasteiger charge is -2.16. The van der Waals surface area contributed by atoms with Crippen molar-refractivity contribution in [3.8, 4) is 0 Å². The van der Waals surface area contributed by atoms with Crippen molar-refractivity contribution in [2.24, 2.45) is 0 Å². The van der Waals surface area contributed by atoms with Crippen molar-refractivity contribution >= 4 is 17.5 Å². The van der Waals surface area contributed by atoms with E-state index in [1.165, 1.54) is 12.1 Å². The Bertz CT molecular complexity index is 568. The minimum Gasteiger partial charge on any atom is -0.308 e. The van der Waals surface area contributed by atoms with Crippen molar-refractivity contribution < 1.29 is 14.5 Å². The van der Waals surface area contributed by atoms with Gasteiger partial charge < -0.3 is 4.90 Å². The summed E-state index contributed by atoms with van der Waals surface area (Å²) in [5.74, 6) is -0.859. The lowest BCUT2D eigenvalue weighted by Crippen LogP contribution is -2.35. The zero-order valence-corrected chi connectivity index (χ0v) is 10.6. The minimum absolute atomic E-state index is 0.109. The number of carbonyl (C=O) groups is 2. The van der Waals surface area contributed by atoms with E-state index in [9.17, 15) is 19.7 Å². The van der Waals surface area contributed by atoms with E-state index in [2.05, 4.69) is 0 Å². The second-order valence-corrected chi connectivity index (χ2v) is 4.55. The molecule has 2 rings (SSSR count). The van der Waals surface area contributed by atoms with E-state index < -0.39 is 16.7 Å². The fourth-order valence-electron chi connectivity index (χ4n) is 1.90. The van der Waals surface area contributed by atoms with E-state index in [-0.39, 0.29) is 23.4 Å². The molecule has 1 aliphatic heterocycles. The molecule has 0 spiro atoms. The molecule has 0 saturated carbocycles. The van der Waals surface area contributed by atoms with Gasteiger partial charge in [0.2, 0.25) is 0 Å². The van der Waals surface area contributed by atoms with Gasteiger partial charge in [-0.1, -0.05) is 0 Å². The number of benzene rings is 1. The Morgan fingerprint density at radius 2 is 1.84 bits per heavy atom. The Morgan fingerprint density at radius 1 is 1.21 bits per heavy atom. The molecule has 0 bridgehead atoms. The summed E-state index contributed by atoms with van der Waals surface area (Å²) in [6, 6.07) is 3.73. The van der Waals surface area contributed by atoms with Gasteiger partial charge in [0.1, 0.15) is 0 Å². The van der Waals surface area contributed by atoms with Crippen molar-refractivity contribution in [3.63, 3.8) is 0 Å². The first kappa shape index (κ1) is 13.2. The van der Waals surface area contributed by atoms with Crippen molar-refractivity contribution in [1.29, 1.82) is 0 Å². The van der Waals surface area contributed by atoms with Crippen molar-refractivity contribution in [2.75, 3.05) is 27.2 Å². The molecule has 0 aliphatic carbocycles. The van der Waals surface area contributed by atoms with Crippen LogP contribution in [0.5, 0.6) is 0 Å². The van der Waals surface area contributed by atoms with Crippen molar-refractivity contribution in [1.82, 2.24) is 9.80 Å². The molecule has 100 valence electrons. The average molecular weight is 263 g/mol. The zero-order valence-electron chi connectivity index (χ0n) is 10.6. The number of imide groups is 1. The van der Waals surface area contributed by atoms with E-state index in [0.717, 1.165) is 11.0 Å². The molecule has 7 heteroatoms.